The SMILES string of the molecule is CCCCCNS(N)(=O)=O.N. The summed E-state index contributed by atoms with van der Waals surface area (Å²) in [7, 11) is -3.45. The lowest BCUT2D eigenvalue weighted by molar-refractivity contribution is 0.577. The highest BCUT2D eigenvalue weighted by Crippen LogP contribution is 1.90. The Kier molecular flexibility index (Phi) is 7.97. The minimum atomic E-state index is -3.45. The fourth-order valence-electron chi connectivity index (χ4n) is 0.589. The van der Waals surface area contributed by atoms with Crippen molar-refractivity contribution < 1.29 is 8.42 Å². The Bertz CT molecular complexity index is 167. The Hall–Kier alpha value is -0.170. The van der Waals surface area contributed by atoms with E-state index in [9.17, 15) is 8.42 Å². The molecule has 70 valence electrons. The topological polar surface area (TPSA) is 107 Å². The van der Waals surface area contributed by atoms with Gasteiger partial charge in [-0.15, -0.1) is 0 Å². The van der Waals surface area contributed by atoms with Crippen LogP contribution in [-0.4, -0.2) is 15.0 Å². The zero-order valence-corrected chi connectivity index (χ0v) is 7.65. The maximum absolute atomic E-state index is 10.3. The van der Waals surface area contributed by atoms with Crippen LogP contribution in [0.1, 0.15) is 26.2 Å². The molecule has 0 atom stereocenters. The average molecular weight is 183 g/mol. The standard InChI is InChI=1S/C5H14N2O2S.H3N/c1-2-3-4-5-7-10(6,8)9;/h7H,2-5H2,1H3,(H2,6,8,9);1H3. The predicted octanol–water partition coefficient (Wildman–Crippen LogP) is 0.132. The highest BCUT2D eigenvalue weighted by molar-refractivity contribution is 7.87. The molecule has 0 rings (SSSR count). The second kappa shape index (κ2) is 6.53. The Labute approximate surface area is 68.1 Å². The quantitative estimate of drug-likeness (QED) is 0.527. The van der Waals surface area contributed by atoms with Crippen molar-refractivity contribution in [3.8, 4) is 0 Å². The fraction of sp³-hybridized carbons (Fsp3) is 1.00. The van der Waals surface area contributed by atoms with Crippen molar-refractivity contribution in [2.45, 2.75) is 26.2 Å². The lowest BCUT2D eigenvalue weighted by Gasteiger charge is -1.98. The van der Waals surface area contributed by atoms with Gasteiger partial charge in [-0.1, -0.05) is 19.8 Å². The van der Waals surface area contributed by atoms with Crippen LogP contribution in [-0.2, 0) is 10.2 Å². The van der Waals surface area contributed by atoms with Crippen LogP contribution >= 0.6 is 0 Å². The molecule has 0 aromatic heterocycles. The van der Waals surface area contributed by atoms with Gasteiger partial charge in [-0.25, -0.2) is 9.86 Å². The summed E-state index contributed by atoms with van der Waals surface area (Å²) in [6.45, 7) is 2.50. The first-order valence-corrected chi connectivity index (χ1v) is 4.88. The summed E-state index contributed by atoms with van der Waals surface area (Å²) in [5.41, 5.74) is 0. The zero-order valence-electron chi connectivity index (χ0n) is 6.84. The highest BCUT2D eigenvalue weighted by Gasteiger charge is 1.97. The van der Waals surface area contributed by atoms with Gasteiger partial charge in [-0.3, -0.25) is 0 Å². The van der Waals surface area contributed by atoms with Crippen molar-refractivity contribution in [1.29, 1.82) is 0 Å². The molecular weight excluding hydrogens is 166 g/mol. The molecule has 0 aliphatic carbocycles. The van der Waals surface area contributed by atoms with Crippen molar-refractivity contribution in [1.82, 2.24) is 10.9 Å². The predicted molar refractivity (Wildman–Crippen MR) is 45.7 cm³/mol. The molecule has 0 amide bonds. The molecule has 5 nitrogen and oxygen atoms in total. The number of nitrogens with one attached hydrogen (secondary N) is 1. The monoisotopic (exact) mass is 183 g/mol. The van der Waals surface area contributed by atoms with Gasteiger partial charge in [0.1, 0.15) is 0 Å². The number of unbranched alkanes of at least 4 members (excludes halogenated alkanes) is 2. The molecule has 0 saturated carbocycles. The summed E-state index contributed by atoms with van der Waals surface area (Å²) in [5.74, 6) is 0. The van der Waals surface area contributed by atoms with Gasteiger partial charge >= 0.3 is 0 Å². The van der Waals surface area contributed by atoms with Crippen molar-refractivity contribution in [3.63, 3.8) is 0 Å². The molecule has 0 radical (unpaired) electrons. The molecule has 0 aromatic rings. The second-order valence-electron chi connectivity index (χ2n) is 2.15. The molecule has 0 aliphatic heterocycles. The van der Waals surface area contributed by atoms with Gasteiger partial charge in [0.05, 0.1) is 0 Å². The minimum Gasteiger partial charge on any atom is -0.344 e. The first-order valence-electron chi connectivity index (χ1n) is 3.33. The van der Waals surface area contributed by atoms with Gasteiger partial charge in [-0.05, 0) is 6.42 Å². The van der Waals surface area contributed by atoms with Gasteiger partial charge in [0.15, 0.2) is 0 Å². The summed E-state index contributed by atoms with van der Waals surface area (Å²) in [5, 5.41) is 4.68. The summed E-state index contributed by atoms with van der Waals surface area (Å²) >= 11 is 0. The molecular formula is C5H17N3O2S. The van der Waals surface area contributed by atoms with Crippen molar-refractivity contribution in [2.24, 2.45) is 5.14 Å². The lowest BCUT2D eigenvalue weighted by Crippen LogP contribution is -2.31. The van der Waals surface area contributed by atoms with E-state index in [1.807, 2.05) is 0 Å². The first kappa shape index (κ1) is 13.4. The van der Waals surface area contributed by atoms with E-state index in [2.05, 4.69) is 16.8 Å². The first-order chi connectivity index (χ1) is 4.56. The van der Waals surface area contributed by atoms with Gasteiger partial charge in [0, 0.05) is 6.54 Å². The van der Waals surface area contributed by atoms with Gasteiger partial charge in [0.25, 0.3) is 10.2 Å². The minimum absolute atomic E-state index is 0. The third-order valence-electron chi connectivity index (χ3n) is 1.08. The molecule has 0 aliphatic rings. The molecule has 11 heavy (non-hydrogen) atoms. The van der Waals surface area contributed by atoms with E-state index in [0.717, 1.165) is 19.3 Å². The van der Waals surface area contributed by atoms with Crippen molar-refractivity contribution in [3.05, 3.63) is 0 Å². The number of rotatable bonds is 5. The molecule has 0 fully saturated rings. The smallest absolute Gasteiger partial charge is 0.274 e. The van der Waals surface area contributed by atoms with Gasteiger partial charge in [0.2, 0.25) is 0 Å². The van der Waals surface area contributed by atoms with E-state index in [-0.39, 0.29) is 6.15 Å². The largest absolute Gasteiger partial charge is 0.344 e. The molecule has 0 unspecified atom stereocenters. The number of hydrogen-bond donors (Lipinski definition) is 3. The van der Waals surface area contributed by atoms with Crippen LogP contribution < -0.4 is 16.0 Å². The number of hydrogen-bond acceptors (Lipinski definition) is 3. The van der Waals surface area contributed by atoms with E-state index in [0.29, 0.717) is 6.54 Å². The second-order valence-corrected chi connectivity index (χ2v) is 3.53. The van der Waals surface area contributed by atoms with Gasteiger partial charge in [-0.2, -0.15) is 8.42 Å². The van der Waals surface area contributed by atoms with Crippen LogP contribution in [0.15, 0.2) is 0 Å². The summed E-state index contributed by atoms with van der Waals surface area (Å²) in [4.78, 5) is 0. The molecule has 0 heterocycles. The van der Waals surface area contributed by atoms with E-state index in [4.69, 9.17) is 0 Å². The molecule has 0 aromatic carbocycles. The van der Waals surface area contributed by atoms with Crippen LogP contribution in [0.5, 0.6) is 0 Å². The van der Waals surface area contributed by atoms with E-state index in [1.54, 1.807) is 0 Å². The lowest BCUT2D eigenvalue weighted by atomic mass is 10.3. The Morgan fingerprint density at radius 2 is 1.91 bits per heavy atom. The van der Waals surface area contributed by atoms with Crippen LogP contribution in [0.25, 0.3) is 0 Å². The molecule has 0 saturated heterocycles. The van der Waals surface area contributed by atoms with Crippen molar-refractivity contribution >= 4 is 10.2 Å². The third-order valence-corrected chi connectivity index (χ3v) is 1.69. The Balaban J connectivity index is 0. The third kappa shape index (κ3) is 12.9. The van der Waals surface area contributed by atoms with Gasteiger partial charge < -0.3 is 6.15 Å². The van der Waals surface area contributed by atoms with Crippen LogP contribution in [0, 0.1) is 0 Å². The summed E-state index contributed by atoms with van der Waals surface area (Å²) < 4.78 is 22.7. The Morgan fingerprint density at radius 1 is 1.36 bits per heavy atom. The average Bonchev–Trinajstić information content (AvgIpc) is 1.78. The van der Waals surface area contributed by atoms with Crippen LogP contribution in [0.3, 0.4) is 0 Å². The molecule has 0 bridgehead atoms. The fourth-order valence-corrected chi connectivity index (χ4v) is 1.02. The maximum Gasteiger partial charge on any atom is 0.274 e. The highest BCUT2D eigenvalue weighted by atomic mass is 32.2. The zero-order chi connectivity index (χ0) is 8.04. The van der Waals surface area contributed by atoms with Crippen molar-refractivity contribution in [2.75, 3.05) is 6.54 Å². The van der Waals surface area contributed by atoms with E-state index >= 15 is 0 Å². The Morgan fingerprint density at radius 3 is 2.27 bits per heavy atom. The molecule has 6 N–H and O–H groups in total. The van der Waals surface area contributed by atoms with Crippen LogP contribution in [0.2, 0.25) is 0 Å². The normalized spacial score (nSPS) is 10.7. The summed E-state index contributed by atoms with van der Waals surface area (Å²) in [6, 6.07) is 0. The van der Waals surface area contributed by atoms with E-state index < -0.39 is 10.2 Å². The summed E-state index contributed by atoms with van der Waals surface area (Å²) in [6.07, 6.45) is 2.96. The molecule has 0 spiro atoms. The van der Waals surface area contributed by atoms with Crippen LogP contribution in [0.4, 0.5) is 0 Å². The maximum atomic E-state index is 10.3. The van der Waals surface area contributed by atoms with E-state index in [1.165, 1.54) is 0 Å². The molecule has 6 heteroatoms. The number of nitrogens with two attached hydrogens (primary N) is 1.